The van der Waals surface area contributed by atoms with E-state index in [9.17, 15) is 18.9 Å². The summed E-state index contributed by atoms with van der Waals surface area (Å²) in [6, 6.07) is 0.913. The second-order valence-electron chi connectivity index (χ2n) is 2.56. The maximum Gasteiger partial charge on any atom is 0.301 e. The van der Waals surface area contributed by atoms with E-state index in [1.807, 2.05) is 0 Å². The van der Waals surface area contributed by atoms with E-state index >= 15 is 0 Å². The molecule has 1 N–H and O–H groups in total. The van der Waals surface area contributed by atoms with Gasteiger partial charge in [-0.3, -0.25) is 10.1 Å². The molecule has 1 rings (SSSR count). The molecular weight excluding hydrogens is 325 g/mol. The SMILES string of the molecule is O=[N+]([O-])c1cc(CO)c(C(F)F)nc1I. The molecule has 0 aliphatic heterocycles. The quantitative estimate of drug-likeness (QED) is 0.398. The number of alkyl halides is 2. The van der Waals surface area contributed by atoms with E-state index in [2.05, 4.69) is 4.98 Å². The fraction of sp³-hybridized carbons (Fsp3) is 0.286. The Balaban J connectivity index is 3.35. The first-order valence-electron chi connectivity index (χ1n) is 3.70. The molecule has 1 heterocycles. The van der Waals surface area contributed by atoms with E-state index in [4.69, 9.17) is 5.11 Å². The van der Waals surface area contributed by atoms with Crippen LogP contribution in [0.1, 0.15) is 17.7 Å². The lowest BCUT2D eigenvalue weighted by atomic mass is 10.2. The molecule has 0 aliphatic carbocycles. The van der Waals surface area contributed by atoms with Gasteiger partial charge in [0.1, 0.15) is 5.69 Å². The van der Waals surface area contributed by atoms with Crippen molar-refractivity contribution in [2.24, 2.45) is 0 Å². The van der Waals surface area contributed by atoms with Gasteiger partial charge >= 0.3 is 5.69 Å². The van der Waals surface area contributed by atoms with Crippen LogP contribution in [0.15, 0.2) is 6.07 Å². The molecule has 1 aromatic rings. The molecule has 0 aliphatic rings. The Morgan fingerprint density at radius 3 is 2.67 bits per heavy atom. The summed E-state index contributed by atoms with van der Waals surface area (Å²) in [6.45, 7) is -0.704. The monoisotopic (exact) mass is 330 g/mol. The first-order valence-corrected chi connectivity index (χ1v) is 4.78. The third-order valence-corrected chi connectivity index (χ3v) is 2.44. The molecule has 0 saturated heterocycles. The average molecular weight is 330 g/mol. The number of aromatic nitrogens is 1. The number of aliphatic hydroxyl groups excluding tert-OH is 1. The van der Waals surface area contributed by atoms with E-state index in [1.54, 1.807) is 0 Å². The van der Waals surface area contributed by atoms with Gasteiger partial charge in [-0.05, 0) is 22.6 Å². The highest BCUT2D eigenvalue weighted by Gasteiger charge is 2.22. The normalized spacial score (nSPS) is 10.7. The zero-order valence-corrected chi connectivity index (χ0v) is 9.31. The number of pyridine rings is 1. The molecule has 0 radical (unpaired) electrons. The lowest BCUT2D eigenvalue weighted by Gasteiger charge is -2.06. The lowest BCUT2D eigenvalue weighted by Crippen LogP contribution is -2.04. The smallest absolute Gasteiger partial charge is 0.301 e. The molecule has 82 valence electrons. The van der Waals surface area contributed by atoms with Gasteiger partial charge < -0.3 is 5.11 Å². The van der Waals surface area contributed by atoms with E-state index < -0.39 is 23.6 Å². The predicted octanol–water partition coefficient (Wildman–Crippen LogP) is 2.02. The van der Waals surface area contributed by atoms with Crippen LogP contribution in [0.2, 0.25) is 0 Å². The molecule has 0 fully saturated rings. The van der Waals surface area contributed by atoms with Crippen LogP contribution in [0, 0.1) is 13.8 Å². The molecule has 0 spiro atoms. The number of nitrogens with zero attached hydrogens (tertiary/aromatic N) is 2. The Morgan fingerprint density at radius 1 is 1.67 bits per heavy atom. The minimum atomic E-state index is -2.86. The maximum absolute atomic E-state index is 12.4. The second kappa shape index (κ2) is 4.75. The highest BCUT2D eigenvalue weighted by molar-refractivity contribution is 14.1. The van der Waals surface area contributed by atoms with Crippen LogP contribution in [0.3, 0.4) is 0 Å². The van der Waals surface area contributed by atoms with Crippen LogP contribution in [-0.4, -0.2) is 15.0 Å². The zero-order chi connectivity index (χ0) is 11.6. The van der Waals surface area contributed by atoms with Gasteiger partial charge in [0, 0.05) is 11.6 Å². The number of halogens is 3. The van der Waals surface area contributed by atoms with Crippen LogP contribution in [-0.2, 0) is 6.61 Å². The Bertz CT molecular complexity index is 400. The summed E-state index contributed by atoms with van der Waals surface area (Å²) in [5.74, 6) is 0. The topological polar surface area (TPSA) is 76.3 Å². The summed E-state index contributed by atoms with van der Waals surface area (Å²) < 4.78 is 24.6. The standard InChI is InChI=1S/C7H5F2IN2O3/c8-6(9)5-3(2-13)1-4(12(14)15)7(10)11-5/h1,6,13H,2H2. The van der Waals surface area contributed by atoms with Crippen molar-refractivity contribution in [3.05, 3.63) is 31.1 Å². The Labute approximate surface area is 96.4 Å². The van der Waals surface area contributed by atoms with Gasteiger partial charge in [-0.1, -0.05) is 0 Å². The van der Waals surface area contributed by atoms with Gasteiger partial charge in [-0.15, -0.1) is 0 Å². The molecule has 0 bridgehead atoms. The molecule has 1 aromatic heterocycles. The Morgan fingerprint density at radius 2 is 2.27 bits per heavy atom. The largest absolute Gasteiger partial charge is 0.392 e. The molecule has 15 heavy (non-hydrogen) atoms. The number of hydrogen-bond donors (Lipinski definition) is 1. The number of hydrogen-bond acceptors (Lipinski definition) is 4. The van der Waals surface area contributed by atoms with Crippen LogP contribution >= 0.6 is 22.6 Å². The van der Waals surface area contributed by atoms with Gasteiger partial charge in [-0.2, -0.15) is 0 Å². The zero-order valence-electron chi connectivity index (χ0n) is 7.15. The summed E-state index contributed by atoms with van der Waals surface area (Å²) in [4.78, 5) is 13.1. The summed E-state index contributed by atoms with van der Waals surface area (Å²) in [5.41, 5.74) is -1.23. The van der Waals surface area contributed by atoms with Crippen LogP contribution in [0.25, 0.3) is 0 Å². The van der Waals surface area contributed by atoms with Gasteiger partial charge in [0.25, 0.3) is 6.43 Å². The molecule has 8 heteroatoms. The van der Waals surface area contributed by atoms with Gasteiger partial charge in [0.2, 0.25) is 0 Å². The fourth-order valence-electron chi connectivity index (χ4n) is 0.977. The number of aliphatic hydroxyl groups is 1. The van der Waals surface area contributed by atoms with E-state index in [1.165, 1.54) is 22.6 Å². The maximum atomic E-state index is 12.4. The van der Waals surface area contributed by atoms with Gasteiger partial charge in [-0.25, -0.2) is 13.8 Å². The minimum absolute atomic E-state index is 0.120. The lowest BCUT2D eigenvalue weighted by molar-refractivity contribution is -0.386. The molecule has 5 nitrogen and oxygen atoms in total. The Kier molecular flexibility index (Phi) is 3.85. The summed E-state index contributed by atoms with van der Waals surface area (Å²) in [7, 11) is 0. The van der Waals surface area contributed by atoms with E-state index in [0.717, 1.165) is 6.07 Å². The summed E-state index contributed by atoms with van der Waals surface area (Å²) in [6.07, 6.45) is -2.86. The first kappa shape index (κ1) is 12.2. The van der Waals surface area contributed by atoms with Gasteiger partial charge in [0.15, 0.2) is 3.70 Å². The van der Waals surface area contributed by atoms with Crippen molar-refractivity contribution in [2.75, 3.05) is 0 Å². The first-order chi connectivity index (χ1) is 6.97. The molecular formula is C7H5F2IN2O3. The second-order valence-corrected chi connectivity index (χ2v) is 3.58. The molecule has 0 saturated carbocycles. The molecule has 0 amide bonds. The van der Waals surface area contributed by atoms with Crippen LogP contribution < -0.4 is 0 Å². The van der Waals surface area contributed by atoms with Crippen molar-refractivity contribution < 1.29 is 18.8 Å². The number of nitro groups is 1. The van der Waals surface area contributed by atoms with Crippen molar-refractivity contribution in [3.8, 4) is 0 Å². The third-order valence-electron chi connectivity index (χ3n) is 1.64. The fourth-order valence-corrected chi connectivity index (χ4v) is 1.59. The number of rotatable bonds is 3. The van der Waals surface area contributed by atoms with E-state index in [-0.39, 0.29) is 15.0 Å². The van der Waals surface area contributed by atoms with Crippen molar-refractivity contribution in [1.29, 1.82) is 0 Å². The summed E-state index contributed by atoms with van der Waals surface area (Å²) in [5, 5.41) is 19.2. The van der Waals surface area contributed by atoms with Crippen molar-refractivity contribution >= 4 is 28.3 Å². The Hall–Kier alpha value is -0.900. The van der Waals surface area contributed by atoms with Crippen LogP contribution in [0.5, 0.6) is 0 Å². The van der Waals surface area contributed by atoms with Crippen molar-refractivity contribution in [3.63, 3.8) is 0 Å². The van der Waals surface area contributed by atoms with Crippen molar-refractivity contribution in [2.45, 2.75) is 13.0 Å². The highest BCUT2D eigenvalue weighted by atomic mass is 127. The molecule has 0 atom stereocenters. The predicted molar refractivity (Wildman–Crippen MR) is 54.5 cm³/mol. The van der Waals surface area contributed by atoms with Crippen LogP contribution in [0.4, 0.5) is 14.5 Å². The van der Waals surface area contributed by atoms with E-state index in [0.29, 0.717) is 0 Å². The third kappa shape index (κ3) is 2.56. The van der Waals surface area contributed by atoms with Gasteiger partial charge in [0.05, 0.1) is 11.5 Å². The summed E-state index contributed by atoms with van der Waals surface area (Å²) >= 11 is 1.50. The average Bonchev–Trinajstić information content (AvgIpc) is 2.16. The van der Waals surface area contributed by atoms with Crippen molar-refractivity contribution in [1.82, 2.24) is 4.98 Å². The molecule has 0 unspecified atom stereocenters. The molecule has 0 aromatic carbocycles. The minimum Gasteiger partial charge on any atom is -0.392 e. The highest BCUT2D eigenvalue weighted by Crippen LogP contribution is 2.27.